The summed E-state index contributed by atoms with van der Waals surface area (Å²) in [4.78, 5) is 17.6. The zero-order chi connectivity index (χ0) is 17.8. The highest BCUT2D eigenvalue weighted by Crippen LogP contribution is 2.18. The fraction of sp³-hybridized carbons (Fsp3) is 0. The summed E-state index contributed by atoms with van der Waals surface area (Å²) < 4.78 is 6.55. The maximum atomic E-state index is 12.9. The summed E-state index contributed by atoms with van der Waals surface area (Å²) in [7, 11) is 0. The predicted molar refractivity (Wildman–Crippen MR) is 103 cm³/mol. The van der Waals surface area contributed by atoms with E-state index in [1.165, 1.54) is 4.68 Å². The van der Waals surface area contributed by atoms with Crippen LogP contribution >= 0.6 is 0 Å². The van der Waals surface area contributed by atoms with Crippen LogP contribution in [0.15, 0.2) is 93.4 Å². The Morgan fingerprint density at radius 3 is 2.58 bits per heavy atom. The molecule has 4 rings (SSSR count). The van der Waals surface area contributed by atoms with Crippen LogP contribution in [0.3, 0.4) is 0 Å². The number of hydrogen-bond acceptors (Lipinski definition) is 4. The lowest BCUT2D eigenvalue weighted by Gasteiger charge is -2.08. The second-order valence-electron chi connectivity index (χ2n) is 5.57. The fourth-order valence-electron chi connectivity index (χ4n) is 2.63. The Labute approximate surface area is 149 Å². The molecule has 0 unspecified atom stereocenters. The highest BCUT2D eigenvalue weighted by Gasteiger charge is 2.11. The van der Waals surface area contributed by atoms with E-state index in [9.17, 15) is 4.79 Å². The minimum atomic E-state index is -0.211. The SMILES string of the molecule is O=c1c2ccccc2nc(-c2ccccc2)n1N=CC=Cc1ccco1. The summed E-state index contributed by atoms with van der Waals surface area (Å²) in [5.41, 5.74) is 1.26. The molecule has 126 valence electrons. The molecule has 2 heterocycles. The summed E-state index contributed by atoms with van der Waals surface area (Å²) in [6.45, 7) is 0. The number of fused-ring (bicyclic) bond motifs is 1. The first-order valence-electron chi connectivity index (χ1n) is 8.15. The van der Waals surface area contributed by atoms with Gasteiger partial charge in [0.05, 0.1) is 17.2 Å². The molecule has 2 aromatic heterocycles. The minimum Gasteiger partial charge on any atom is -0.465 e. The number of hydrogen-bond donors (Lipinski definition) is 0. The lowest BCUT2D eigenvalue weighted by Crippen LogP contribution is -2.20. The highest BCUT2D eigenvalue weighted by molar-refractivity contribution is 5.81. The van der Waals surface area contributed by atoms with Crippen LogP contribution in [0.25, 0.3) is 28.4 Å². The van der Waals surface area contributed by atoms with Gasteiger partial charge in [-0.1, -0.05) is 42.5 Å². The van der Waals surface area contributed by atoms with Crippen LogP contribution in [0.1, 0.15) is 5.76 Å². The second kappa shape index (κ2) is 7.03. The van der Waals surface area contributed by atoms with Gasteiger partial charge in [-0.05, 0) is 36.4 Å². The lowest BCUT2D eigenvalue weighted by molar-refractivity contribution is 0.557. The first-order valence-corrected chi connectivity index (χ1v) is 8.15. The predicted octanol–water partition coefficient (Wildman–Crippen LogP) is 4.20. The van der Waals surface area contributed by atoms with E-state index >= 15 is 0 Å². The van der Waals surface area contributed by atoms with Gasteiger partial charge in [-0.25, -0.2) is 4.98 Å². The van der Waals surface area contributed by atoms with Gasteiger partial charge in [0.25, 0.3) is 5.56 Å². The number of allylic oxidation sites excluding steroid dienone is 1. The van der Waals surface area contributed by atoms with Crippen LogP contribution in [0, 0.1) is 0 Å². The number of benzene rings is 2. The monoisotopic (exact) mass is 341 g/mol. The standard InChI is InChI=1S/C21H15N3O2/c25-21-18-12-4-5-13-19(18)23-20(16-8-2-1-3-9-16)24(21)22-14-6-10-17-11-7-15-26-17/h1-15H. The van der Waals surface area contributed by atoms with Crippen molar-refractivity contribution in [2.45, 2.75) is 0 Å². The molecule has 5 nitrogen and oxygen atoms in total. The van der Waals surface area contributed by atoms with Crippen molar-refractivity contribution in [3.63, 3.8) is 0 Å². The van der Waals surface area contributed by atoms with Crippen LogP contribution in [-0.2, 0) is 0 Å². The Hall–Kier alpha value is -3.73. The average Bonchev–Trinajstić information content (AvgIpc) is 3.21. The summed E-state index contributed by atoms with van der Waals surface area (Å²) in [5.74, 6) is 1.21. The Morgan fingerprint density at radius 2 is 1.77 bits per heavy atom. The van der Waals surface area contributed by atoms with Gasteiger partial charge in [-0.2, -0.15) is 9.78 Å². The van der Waals surface area contributed by atoms with Crippen molar-refractivity contribution >= 4 is 23.2 Å². The highest BCUT2D eigenvalue weighted by atomic mass is 16.3. The normalized spacial score (nSPS) is 11.7. The largest absolute Gasteiger partial charge is 0.465 e. The van der Waals surface area contributed by atoms with E-state index in [4.69, 9.17) is 4.42 Å². The van der Waals surface area contributed by atoms with Crippen LogP contribution in [-0.4, -0.2) is 15.9 Å². The number of furan rings is 1. The summed E-state index contributed by atoms with van der Waals surface area (Å²) in [6, 6.07) is 20.4. The average molecular weight is 341 g/mol. The zero-order valence-corrected chi connectivity index (χ0v) is 13.8. The van der Waals surface area contributed by atoms with Crippen molar-refractivity contribution in [1.82, 2.24) is 9.66 Å². The van der Waals surface area contributed by atoms with Crippen LogP contribution < -0.4 is 5.56 Å². The molecular formula is C21H15N3O2. The van der Waals surface area contributed by atoms with Gasteiger partial charge in [-0.3, -0.25) is 4.79 Å². The van der Waals surface area contributed by atoms with Gasteiger partial charge >= 0.3 is 0 Å². The molecule has 0 fully saturated rings. The minimum absolute atomic E-state index is 0.211. The topological polar surface area (TPSA) is 60.4 Å². The van der Waals surface area contributed by atoms with Crippen molar-refractivity contribution in [2.24, 2.45) is 5.10 Å². The molecule has 5 heteroatoms. The molecule has 0 N–H and O–H groups in total. The quantitative estimate of drug-likeness (QED) is 0.523. The van der Waals surface area contributed by atoms with E-state index in [0.717, 1.165) is 5.56 Å². The van der Waals surface area contributed by atoms with Gasteiger partial charge < -0.3 is 4.42 Å². The van der Waals surface area contributed by atoms with E-state index in [1.807, 2.05) is 60.7 Å². The van der Waals surface area contributed by atoms with Crippen molar-refractivity contribution in [3.05, 3.63) is 95.2 Å². The molecule has 0 saturated heterocycles. The van der Waals surface area contributed by atoms with E-state index in [-0.39, 0.29) is 5.56 Å². The number of para-hydroxylation sites is 1. The molecule has 0 bridgehead atoms. The third kappa shape index (κ3) is 3.10. The zero-order valence-electron chi connectivity index (χ0n) is 13.8. The molecule has 0 aliphatic heterocycles. The molecule has 0 aliphatic carbocycles. The molecule has 26 heavy (non-hydrogen) atoms. The molecule has 0 amide bonds. The Morgan fingerprint density at radius 1 is 0.962 bits per heavy atom. The summed E-state index contributed by atoms with van der Waals surface area (Å²) in [6.07, 6.45) is 6.63. The molecule has 0 radical (unpaired) electrons. The van der Waals surface area contributed by atoms with E-state index in [1.54, 1.807) is 30.7 Å². The van der Waals surface area contributed by atoms with Crippen molar-refractivity contribution in [2.75, 3.05) is 0 Å². The molecule has 0 saturated carbocycles. The van der Waals surface area contributed by atoms with Crippen LogP contribution in [0.5, 0.6) is 0 Å². The molecule has 4 aromatic rings. The molecule has 0 atom stereocenters. The van der Waals surface area contributed by atoms with E-state index in [2.05, 4.69) is 10.1 Å². The van der Waals surface area contributed by atoms with Crippen LogP contribution in [0.4, 0.5) is 0 Å². The van der Waals surface area contributed by atoms with E-state index in [0.29, 0.717) is 22.5 Å². The van der Waals surface area contributed by atoms with Crippen LogP contribution in [0.2, 0.25) is 0 Å². The van der Waals surface area contributed by atoms with E-state index < -0.39 is 0 Å². The maximum Gasteiger partial charge on any atom is 0.282 e. The summed E-state index contributed by atoms with van der Waals surface area (Å²) in [5, 5.41) is 4.85. The second-order valence-corrected chi connectivity index (χ2v) is 5.57. The van der Waals surface area contributed by atoms with Gasteiger partial charge in [0, 0.05) is 11.8 Å². The van der Waals surface area contributed by atoms with Crippen molar-refractivity contribution in [3.8, 4) is 11.4 Å². The summed E-state index contributed by atoms with van der Waals surface area (Å²) >= 11 is 0. The van der Waals surface area contributed by atoms with Gasteiger partial charge in [0.2, 0.25) is 0 Å². The first-order chi connectivity index (χ1) is 12.8. The first kappa shape index (κ1) is 15.8. The smallest absolute Gasteiger partial charge is 0.282 e. The van der Waals surface area contributed by atoms with Crippen molar-refractivity contribution in [1.29, 1.82) is 0 Å². The van der Waals surface area contributed by atoms with Gasteiger partial charge in [0.1, 0.15) is 5.76 Å². The Kier molecular flexibility index (Phi) is 4.26. The molecule has 0 spiro atoms. The lowest BCUT2D eigenvalue weighted by atomic mass is 10.2. The fourth-order valence-corrected chi connectivity index (χ4v) is 2.63. The molecule has 2 aromatic carbocycles. The Balaban J connectivity index is 1.83. The number of rotatable bonds is 4. The van der Waals surface area contributed by atoms with Gasteiger partial charge in [-0.15, -0.1) is 0 Å². The maximum absolute atomic E-state index is 12.9. The molecule has 0 aliphatic rings. The van der Waals surface area contributed by atoms with Crippen molar-refractivity contribution < 1.29 is 4.42 Å². The third-order valence-corrected chi connectivity index (χ3v) is 3.86. The Bertz CT molecular complexity index is 1140. The van der Waals surface area contributed by atoms with Gasteiger partial charge in [0.15, 0.2) is 5.82 Å². The molecular weight excluding hydrogens is 326 g/mol. The number of nitrogens with zero attached hydrogens (tertiary/aromatic N) is 3. The number of aromatic nitrogens is 2. The third-order valence-electron chi connectivity index (χ3n) is 3.86.